The fraction of sp³-hybridized carbons (Fsp3) is 0.500. The first-order chi connectivity index (χ1) is 9.22. The van der Waals surface area contributed by atoms with Gasteiger partial charge in [-0.15, -0.1) is 0 Å². The molecule has 0 radical (unpaired) electrons. The van der Waals surface area contributed by atoms with Gasteiger partial charge >= 0.3 is 5.97 Å². The first-order valence-corrected chi connectivity index (χ1v) is 6.95. The maximum Gasteiger partial charge on any atom is 0.306 e. The third-order valence-electron chi connectivity index (χ3n) is 3.71. The Morgan fingerprint density at radius 2 is 2.05 bits per heavy atom. The molecule has 0 aromatic heterocycles. The van der Waals surface area contributed by atoms with Crippen LogP contribution in [0.4, 0.5) is 0 Å². The second-order valence-electron chi connectivity index (χ2n) is 5.02. The number of carbonyl (C=O) groups is 2. The summed E-state index contributed by atoms with van der Waals surface area (Å²) >= 11 is 0. The highest BCUT2D eigenvalue weighted by molar-refractivity contribution is 5.87. The molecule has 1 saturated carbocycles. The molecule has 3 nitrogen and oxygen atoms in total. The molecule has 102 valence electrons. The summed E-state index contributed by atoms with van der Waals surface area (Å²) in [5.74, 6) is 0.0111. The Labute approximate surface area is 114 Å². The number of esters is 1. The van der Waals surface area contributed by atoms with Gasteiger partial charge in [0.25, 0.3) is 0 Å². The van der Waals surface area contributed by atoms with Crippen molar-refractivity contribution >= 4 is 11.8 Å². The van der Waals surface area contributed by atoms with Crippen molar-refractivity contribution in [3.05, 3.63) is 35.9 Å². The Morgan fingerprint density at radius 3 is 2.74 bits per heavy atom. The molecule has 3 heteroatoms. The molecule has 1 aromatic rings. The largest absolute Gasteiger partial charge is 0.466 e. The molecule has 1 aliphatic rings. The van der Waals surface area contributed by atoms with E-state index in [4.69, 9.17) is 4.74 Å². The van der Waals surface area contributed by atoms with Crippen molar-refractivity contribution in [1.82, 2.24) is 0 Å². The van der Waals surface area contributed by atoms with Gasteiger partial charge in [-0.3, -0.25) is 9.59 Å². The van der Waals surface area contributed by atoms with E-state index in [0.717, 1.165) is 18.4 Å². The Balaban J connectivity index is 2.15. The molecule has 1 aromatic carbocycles. The molecule has 0 spiro atoms. The average Bonchev–Trinajstić information content (AvgIpc) is 2.40. The summed E-state index contributed by atoms with van der Waals surface area (Å²) in [6.45, 7) is 2.20. The highest BCUT2D eigenvalue weighted by Gasteiger charge is 2.34. The van der Waals surface area contributed by atoms with Crippen LogP contribution in [0.3, 0.4) is 0 Å². The Bertz CT molecular complexity index is 439. The van der Waals surface area contributed by atoms with Crippen LogP contribution >= 0.6 is 0 Å². The van der Waals surface area contributed by atoms with Gasteiger partial charge in [-0.25, -0.2) is 0 Å². The molecule has 19 heavy (non-hydrogen) atoms. The van der Waals surface area contributed by atoms with Crippen LogP contribution in [-0.4, -0.2) is 18.4 Å². The van der Waals surface area contributed by atoms with Crippen molar-refractivity contribution in [3.63, 3.8) is 0 Å². The van der Waals surface area contributed by atoms with Crippen LogP contribution in [-0.2, 0) is 14.3 Å². The zero-order valence-corrected chi connectivity index (χ0v) is 11.3. The number of rotatable bonds is 4. The molecule has 0 amide bonds. The predicted molar refractivity (Wildman–Crippen MR) is 72.8 cm³/mol. The van der Waals surface area contributed by atoms with Gasteiger partial charge in [0.1, 0.15) is 5.78 Å². The van der Waals surface area contributed by atoms with Crippen LogP contribution in [0.1, 0.15) is 44.1 Å². The summed E-state index contributed by atoms with van der Waals surface area (Å²) in [6.07, 6.45) is 2.77. The maximum atomic E-state index is 12.2. The van der Waals surface area contributed by atoms with Crippen molar-refractivity contribution in [2.24, 2.45) is 5.92 Å². The lowest BCUT2D eigenvalue weighted by atomic mass is 9.73. The number of carbonyl (C=O) groups excluding carboxylic acids is 2. The molecule has 1 aliphatic carbocycles. The molecule has 0 heterocycles. The summed E-state index contributed by atoms with van der Waals surface area (Å²) in [5.41, 5.74) is 1.03. The smallest absolute Gasteiger partial charge is 0.306 e. The van der Waals surface area contributed by atoms with E-state index < -0.39 is 0 Å². The van der Waals surface area contributed by atoms with Crippen molar-refractivity contribution in [2.75, 3.05) is 6.61 Å². The monoisotopic (exact) mass is 260 g/mol. The molecule has 2 atom stereocenters. The number of ketones is 1. The first-order valence-electron chi connectivity index (χ1n) is 6.95. The van der Waals surface area contributed by atoms with E-state index in [1.165, 1.54) is 0 Å². The van der Waals surface area contributed by atoms with E-state index in [1.54, 1.807) is 6.92 Å². The standard InChI is InChI=1S/C16H20O3/c1-2-19-15(18)11-13-9-6-10-14(17)16(13)12-7-4-3-5-8-12/h3-5,7-8,13,16H,2,6,9-11H2,1H3/t13-,16-/m0/s1. The van der Waals surface area contributed by atoms with E-state index in [1.807, 2.05) is 30.3 Å². The van der Waals surface area contributed by atoms with Crippen LogP contribution in [0.15, 0.2) is 30.3 Å². The maximum absolute atomic E-state index is 12.2. The van der Waals surface area contributed by atoms with Crippen LogP contribution < -0.4 is 0 Å². The lowest BCUT2D eigenvalue weighted by Crippen LogP contribution is -2.28. The molecule has 0 aliphatic heterocycles. The lowest BCUT2D eigenvalue weighted by molar-refractivity contribution is -0.144. The van der Waals surface area contributed by atoms with E-state index in [2.05, 4.69) is 0 Å². The van der Waals surface area contributed by atoms with Crippen molar-refractivity contribution in [2.45, 2.75) is 38.5 Å². The molecular formula is C16H20O3. The highest BCUT2D eigenvalue weighted by atomic mass is 16.5. The number of Topliss-reactive ketones (excluding diaryl/α,β-unsaturated/α-hetero) is 1. The van der Waals surface area contributed by atoms with Gasteiger partial charge in [-0.1, -0.05) is 30.3 Å². The average molecular weight is 260 g/mol. The number of hydrogen-bond acceptors (Lipinski definition) is 3. The predicted octanol–water partition coefficient (Wildman–Crippen LogP) is 3.09. The zero-order chi connectivity index (χ0) is 13.7. The molecule has 1 fully saturated rings. The van der Waals surface area contributed by atoms with Crippen LogP contribution in [0.2, 0.25) is 0 Å². The second-order valence-corrected chi connectivity index (χ2v) is 5.02. The third kappa shape index (κ3) is 3.43. The van der Waals surface area contributed by atoms with Crippen LogP contribution in [0.5, 0.6) is 0 Å². The van der Waals surface area contributed by atoms with E-state index in [0.29, 0.717) is 19.4 Å². The Hall–Kier alpha value is -1.64. The minimum absolute atomic E-state index is 0.0858. The summed E-state index contributed by atoms with van der Waals surface area (Å²) in [5, 5.41) is 0. The summed E-state index contributed by atoms with van der Waals surface area (Å²) in [7, 11) is 0. The lowest BCUT2D eigenvalue weighted by Gasteiger charge is -2.30. The minimum Gasteiger partial charge on any atom is -0.466 e. The molecule has 0 saturated heterocycles. The van der Waals surface area contributed by atoms with Gasteiger partial charge in [0.2, 0.25) is 0 Å². The van der Waals surface area contributed by atoms with Crippen molar-refractivity contribution in [3.8, 4) is 0 Å². The molecule has 0 N–H and O–H groups in total. The Morgan fingerprint density at radius 1 is 1.32 bits per heavy atom. The van der Waals surface area contributed by atoms with Crippen molar-refractivity contribution < 1.29 is 14.3 Å². The summed E-state index contributed by atoms with van der Waals surface area (Å²) in [6, 6.07) is 9.78. The van der Waals surface area contributed by atoms with Gasteiger partial charge in [0.15, 0.2) is 0 Å². The van der Waals surface area contributed by atoms with Gasteiger partial charge in [0.05, 0.1) is 6.61 Å². The first kappa shape index (κ1) is 13.8. The second kappa shape index (κ2) is 6.50. The van der Waals surface area contributed by atoms with Crippen molar-refractivity contribution in [1.29, 1.82) is 0 Å². The zero-order valence-electron chi connectivity index (χ0n) is 11.3. The number of hydrogen-bond donors (Lipinski definition) is 0. The van der Waals surface area contributed by atoms with Gasteiger partial charge in [-0.2, -0.15) is 0 Å². The summed E-state index contributed by atoms with van der Waals surface area (Å²) < 4.78 is 5.01. The quantitative estimate of drug-likeness (QED) is 0.781. The van der Waals surface area contributed by atoms with Gasteiger partial charge in [-0.05, 0) is 31.2 Å². The minimum atomic E-state index is -0.192. The van der Waals surface area contributed by atoms with Gasteiger partial charge in [0, 0.05) is 18.8 Å². The van der Waals surface area contributed by atoms with Crippen LogP contribution in [0.25, 0.3) is 0 Å². The third-order valence-corrected chi connectivity index (χ3v) is 3.71. The van der Waals surface area contributed by atoms with E-state index in [9.17, 15) is 9.59 Å². The topological polar surface area (TPSA) is 43.4 Å². The van der Waals surface area contributed by atoms with Gasteiger partial charge < -0.3 is 4.74 Å². The SMILES string of the molecule is CCOC(=O)C[C@@H]1CCCC(=O)[C@H]1c1ccccc1. The molecule has 2 rings (SSSR count). The summed E-state index contributed by atoms with van der Waals surface area (Å²) in [4.78, 5) is 23.9. The molecule has 0 bridgehead atoms. The molecule has 0 unspecified atom stereocenters. The van der Waals surface area contributed by atoms with Crippen LogP contribution in [0, 0.1) is 5.92 Å². The normalized spacial score (nSPS) is 23.1. The number of benzene rings is 1. The Kier molecular flexibility index (Phi) is 4.72. The van der Waals surface area contributed by atoms with E-state index >= 15 is 0 Å². The fourth-order valence-electron chi connectivity index (χ4n) is 2.90. The van der Waals surface area contributed by atoms with E-state index in [-0.39, 0.29) is 23.6 Å². The number of ether oxygens (including phenoxy) is 1. The fourth-order valence-corrected chi connectivity index (χ4v) is 2.90. The highest BCUT2D eigenvalue weighted by Crippen LogP contribution is 2.37. The molecular weight excluding hydrogens is 240 g/mol.